The Morgan fingerprint density at radius 3 is 2.76 bits per heavy atom. The highest BCUT2D eigenvalue weighted by molar-refractivity contribution is 7.93. The smallest absolute Gasteiger partial charge is 0.235 e. The lowest BCUT2D eigenvalue weighted by atomic mass is 10.1. The van der Waals surface area contributed by atoms with Gasteiger partial charge in [0, 0.05) is 30.7 Å². The lowest BCUT2D eigenvalue weighted by Crippen LogP contribution is -2.33. The second kappa shape index (κ2) is 5.87. The van der Waals surface area contributed by atoms with E-state index in [4.69, 9.17) is 4.74 Å². The molecule has 1 fully saturated rings. The van der Waals surface area contributed by atoms with Crippen LogP contribution in [0.5, 0.6) is 0 Å². The lowest BCUT2D eigenvalue weighted by Gasteiger charge is -2.22. The van der Waals surface area contributed by atoms with E-state index in [-0.39, 0.29) is 5.25 Å². The van der Waals surface area contributed by atoms with E-state index < -0.39 is 10.0 Å². The minimum Gasteiger partial charge on any atom is -0.381 e. The summed E-state index contributed by atoms with van der Waals surface area (Å²) in [5, 5.41) is 6.37. The number of nitrogens with zero attached hydrogens (tertiary/aromatic N) is 1. The highest BCUT2D eigenvalue weighted by atomic mass is 32.2. The van der Waals surface area contributed by atoms with Crippen molar-refractivity contribution in [2.24, 2.45) is 0 Å². The number of rotatable bonds is 4. The highest BCUT2D eigenvalue weighted by Crippen LogP contribution is 2.23. The van der Waals surface area contributed by atoms with Gasteiger partial charge in [0.2, 0.25) is 10.0 Å². The van der Waals surface area contributed by atoms with Crippen molar-refractivity contribution >= 4 is 15.7 Å². The van der Waals surface area contributed by atoms with E-state index in [1.54, 1.807) is 18.3 Å². The monoisotopic (exact) mass is 307 g/mol. The molecule has 6 nitrogen and oxygen atoms in total. The van der Waals surface area contributed by atoms with Crippen LogP contribution in [0.15, 0.2) is 36.5 Å². The number of benzene rings is 1. The summed E-state index contributed by atoms with van der Waals surface area (Å²) in [5.74, 6) is 0. The number of hydrogen-bond acceptors (Lipinski definition) is 4. The van der Waals surface area contributed by atoms with Gasteiger partial charge in [0.15, 0.2) is 0 Å². The average Bonchev–Trinajstić information content (AvgIpc) is 3.02. The van der Waals surface area contributed by atoms with Crippen LogP contribution in [0.1, 0.15) is 12.8 Å². The second-order valence-electron chi connectivity index (χ2n) is 5.01. The van der Waals surface area contributed by atoms with Crippen molar-refractivity contribution in [2.45, 2.75) is 18.1 Å². The van der Waals surface area contributed by atoms with Crippen LogP contribution in [0.2, 0.25) is 0 Å². The van der Waals surface area contributed by atoms with Crippen LogP contribution >= 0.6 is 0 Å². The van der Waals surface area contributed by atoms with Gasteiger partial charge in [0.25, 0.3) is 0 Å². The molecule has 0 bridgehead atoms. The molecule has 0 amide bonds. The Kier molecular flexibility index (Phi) is 3.94. The van der Waals surface area contributed by atoms with Crippen LogP contribution in [0.25, 0.3) is 11.3 Å². The summed E-state index contributed by atoms with van der Waals surface area (Å²) in [5.41, 5.74) is 2.30. The Morgan fingerprint density at radius 2 is 2.05 bits per heavy atom. The highest BCUT2D eigenvalue weighted by Gasteiger charge is 2.27. The quantitative estimate of drug-likeness (QED) is 0.905. The number of aromatic amines is 1. The number of nitrogens with one attached hydrogen (secondary N) is 2. The molecule has 7 heteroatoms. The van der Waals surface area contributed by atoms with Gasteiger partial charge in [-0.2, -0.15) is 5.10 Å². The standard InChI is InChI=1S/C14H17N3O3S/c18-21(19,13-5-8-20-9-6-13)17-12-3-1-2-11(10-12)14-4-7-15-16-14/h1-4,7,10,13,17H,5-6,8-9H2,(H,15,16). The molecule has 0 atom stereocenters. The number of ether oxygens (including phenoxy) is 1. The summed E-state index contributed by atoms with van der Waals surface area (Å²) in [7, 11) is -3.38. The van der Waals surface area contributed by atoms with Gasteiger partial charge in [-0.3, -0.25) is 9.82 Å². The van der Waals surface area contributed by atoms with Gasteiger partial charge in [-0.1, -0.05) is 12.1 Å². The second-order valence-corrected chi connectivity index (χ2v) is 6.97. The first kappa shape index (κ1) is 14.1. The van der Waals surface area contributed by atoms with Gasteiger partial charge in [0.1, 0.15) is 0 Å². The zero-order chi connectivity index (χ0) is 14.7. The van der Waals surface area contributed by atoms with Gasteiger partial charge in [-0.05, 0) is 31.0 Å². The minimum atomic E-state index is -3.38. The fraction of sp³-hybridized carbons (Fsp3) is 0.357. The van der Waals surface area contributed by atoms with E-state index in [2.05, 4.69) is 14.9 Å². The molecule has 0 saturated carbocycles. The Bertz CT molecular complexity index is 692. The van der Waals surface area contributed by atoms with Gasteiger partial charge in [0.05, 0.1) is 10.9 Å². The van der Waals surface area contributed by atoms with Crippen molar-refractivity contribution < 1.29 is 13.2 Å². The summed E-state index contributed by atoms with van der Waals surface area (Å²) in [6.07, 6.45) is 2.74. The van der Waals surface area contributed by atoms with Crippen molar-refractivity contribution in [1.29, 1.82) is 0 Å². The van der Waals surface area contributed by atoms with Crippen LogP contribution < -0.4 is 4.72 Å². The molecule has 3 rings (SSSR count). The molecule has 21 heavy (non-hydrogen) atoms. The maximum atomic E-state index is 12.4. The average molecular weight is 307 g/mol. The van der Waals surface area contributed by atoms with E-state index >= 15 is 0 Å². The Labute approximate surface area is 123 Å². The van der Waals surface area contributed by atoms with Crippen LogP contribution in [0.4, 0.5) is 5.69 Å². The van der Waals surface area contributed by atoms with E-state index in [1.807, 2.05) is 18.2 Å². The Balaban J connectivity index is 1.80. The van der Waals surface area contributed by atoms with Gasteiger partial charge in [-0.15, -0.1) is 0 Å². The van der Waals surface area contributed by atoms with Crippen molar-refractivity contribution in [3.8, 4) is 11.3 Å². The van der Waals surface area contributed by atoms with Crippen molar-refractivity contribution in [2.75, 3.05) is 17.9 Å². The van der Waals surface area contributed by atoms with Crippen LogP contribution in [0.3, 0.4) is 0 Å². The molecule has 0 spiro atoms. The maximum absolute atomic E-state index is 12.4. The molecule has 1 aromatic carbocycles. The Hall–Kier alpha value is -1.86. The first-order valence-electron chi connectivity index (χ1n) is 6.84. The van der Waals surface area contributed by atoms with Crippen LogP contribution in [0, 0.1) is 0 Å². The molecule has 1 aromatic heterocycles. The molecule has 1 saturated heterocycles. The minimum absolute atomic E-state index is 0.387. The molecule has 0 unspecified atom stereocenters. The zero-order valence-corrected chi connectivity index (χ0v) is 12.3. The number of aromatic nitrogens is 2. The summed E-state index contributed by atoms with van der Waals surface area (Å²) < 4.78 is 32.6. The van der Waals surface area contributed by atoms with Crippen LogP contribution in [-0.4, -0.2) is 37.1 Å². The van der Waals surface area contributed by atoms with Gasteiger partial charge < -0.3 is 4.74 Å². The van der Waals surface area contributed by atoms with E-state index in [1.165, 1.54) is 0 Å². The van der Waals surface area contributed by atoms with Crippen LogP contribution in [-0.2, 0) is 14.8 Å². The zero-order valence-electron chi connectivity index (χ0n) is 11.5. The maximum Gasteiger partial charge on any atom is 0.235 e. The van der Waals surface area contributed by atoms with Gasteiger partial charge in [-0.25, -0.2) is 8.42 Å². The SMILES string of the molecule is O=S(=O)(Nc1cccc(-c2ccn[nH]2)c1)C1CCOCC1. The third kappa shape index (κ3) is 3.25. The summed E-state index contributed by atoms with van der Waals surface area (Å²) in [6.45, 7) is 1.000. The third-order valence-corrected chi connectivity index (χ3v) is 5.41. The normalized spacial score (nSPS) is 16.8. The molecular formula is C14H17N3O3S. The van der Waals surface area contributed by atoms with E-state index in [0.29, 0.717) is 31.7 Å². The van der Waals surface area contributed by atoms with Crippen molar-refractivity contribution in [3.63, 3.8) is 0 Å². The lowest BCUT2D eigenvalue weighted by molar-refractivity contribution is 0.0984. The fourth-order valence-corrected chi connectivity index (χ4v) is 3.84. The predicted molar refractivity (Wildman–Crippen MR) is 80.4 cm³/mol. The summed E-state index contributed by atoms with van der Waals surface area (Å²) >= 11 is 0. The van der Waals surface area contributed by atoms with E-state index in [0.717, 1.165) is 11.3 Å². The largest absolute Gasteiger partial charge is 0.381 e. The number of hydrogen-bond donors (Lipinski definition) is 2. The summed E-state index contributed by atoms with van der Waals surface area (Å²) in [6, 6.07) is 9.10. The molecular weight excluding hydrogens is 290 g/mol. The molecule has 112 valence electrons. The van der Waals surface area contributed by atoms with E-state index in [9.17, 15) is 8.42 Å². The predicted octanol–water partition coefficient (Wildman–Crippen LogP) is 2.00. The molecule has 2 aromatic rings. The molecule has 0 aliphatic carbocycles. The number of anilines is 1. The molecule has 2 heterocycles. The number of H-pyrrole nitrogens is 1. The first-order chi connectivity index (χ1) is 10.1. The first-order valence-corrected chi connectivity index (χ1v) is 8.39. The molecule has 2 N–H and O–H groups in total. The Morgan fingerprint density at radius 1 is 1.24 bits per heavy atom. The molecule has 1 aliphatic heterocycles. The third-order valence-electron chi connectivity index (χ3n) is 3.54. The van der Waals surface area contributed by atoms with Crippen molar-refractivity contribution in [1.82, 2.24) is 10.2 Å². The van der Waals surface area contributed by atoms with Crippen molar-refractivity contribution in [3.05, 3.63) is 36.5 Å². The van der Waals surface area contributed by atoms with Gasteiger partial charge >= 0.3 is 0 Å². The topological polar surface area (TPSA) is 84.1 Å². The molecule has 0 radical (unpaired) electrons. The summed E-state index contributed by atoms with van der Waals surface area (Å²) in [4.78, 5) is 0. The number of sulfonamides is 1. The molecule has 1 aliphatic rings. The fourth-order valence-electron chi connectivity index (χ4n) is 2.40.